The van der Waals surface area contributed by atoms with E-state index < -0.39 is 0 Å². The minimum Gasteiger partial charge on any atom is -0.340 e. The van der Waals surface area contributed by atoms with E-state index in [1.807, 2.05) is 6.92 Å². The summed E-state index contributed by atoms with van der Waals surface area (Å²) in [6, 6.07) is 9.07. The molecule has 0 N–H and O–H groups in total. The Morgan fingerprint density at radius 2 is 1.90 bits per heavy atom. The molecule has 5 heteroatoms. The Hall–Kier alpha value is -1.20. The van der Waals surface area contributed by atoms with Crippen molar-refractivity contribution in [3.8, 4) is 0 Å². The molecule has 3 rings (SSSR count). The third kappa shape index (κ3) is 3.35. The summed E-state index contributed by atoms with van der Waals surface area (Å²) >= 11 is 3.49. The Balaban J connectivity index is 1.61. The van der Waals surface area contributed by atoms with Crippen LogP contribution >= 0.6 is 15.9 Å². The predicted molar refractivity (Wildman–Crippen MR) is 85.1 cm³/mol. The second kappa shape index (κ2) is 6.28. The van der Waals surface area contributed by atoms with Crippen LogP contribution in [-0.2, 0) is 0 Å². The molecule has 0 aliphatic carbocycles. The molecule has 1 unspecified atom stereocenters. The molecular weight excluding hydrogens is 330 g/mol. The van der Waals surface area contributed by atoms with E-state index in [1.165, 1.54) is 5.56 Å². The number of rotatable bonds is 3. The quantitative estimate of drug-likeness (QED) is 0.837. The first-order valence-electron chi connectivity index (χ1n) is 7.43. The van der Waals surface area contributed by atoms with Crippen LogP contribution in [0.15, 0.2) is 33.3 Å². The van der Waals surface area contributed by atoms with Gasteiger partial charge >= 0.3 is 0 Å². The molecular formula is C16H20BrN3O. The van der Waals surface area contributed by atoms with Gasteiger partial charge in [-0.15, -0.1) is 0 Å². The first kappa shape index (κ1) is 14.7. The lowest BCUT2D eigenvalue weighted by Gasteiger charge is -2.35. The highest BCUT2D eigenvalue weighted by Gasteiger charge is 2.26. The van der Waals surface area contributed by atoms with E-state index in [1.54, 1.807) is 0 Å². The van der Waals surface area contributed by atoms with E-state index in [9.17, 15) is 0 Å². The first-order valence-corrected chi connectivity index (χ1v) is 8.22. The Kier molecular flexibility index (Phi) is 4.40. The fourth-order valence-corrected chi connectivity index (χ4v) is 3.24. The zero-order valence-corrected chi connectivity index (χ0v) is 14.0. The third-order valence-electron chi connectivity index (χ3n) is 4.34. The smallest absolute Gasteiger partial charge is 0.223 e. The van der Waals surface area contributed by atoms with Crippen LogP contribution in [0.5, 0.6) is 0 Å². The Morgan fingerprint density at radius 1 is 1.24 bits per heavy atom. The Labute approximate surface area is 133 Å². The Morgan fingerprint density at radius 3 is 2.48 bits per heavy atom. The van der Waals surface area contributed by atoms with Crippen molar-refractivity contribution in [1.82, 2.24) is 15.0 Å². The van der Waals surface area contributed by atoms with Crippen LogP contribution in [0, 0.1) is 6.92 Å². The van der Waals surface area contributed by atoms with Crippen LogP contribution in [0.2, 0.25) is 0 Å². The maximum absolute atomic E-state index is 5.09. The summed E-state index contributed by atoms with van der Waals surface area (Å²) in [5.74, 6) is 1.98. The topological polar surface area (TPSA) is 42.2 Å². The zero-order valence-electron chi connectivity index (χ0n) is 12.4. The van der Waals surface area contributed by atoms with Gasteiger partial charge in [0.05, 0.1) is 0 Å². The van der Waals surface area contributed by atoms with E-state index in [-0.39, 0.29) is 0 Å². The van der Waals surface area contributed by atoms with Gasteiger partial charge < -0.3 is 4.52 Å². The van der Waals surface area contributed by atoms with Crippen LogP contribution in [0.1, 0.15) is 49.0 Å². The molecule has 1 saturated heterocycles. The Bertz CT molecular complexity index is 588. The van der Waals surface area contributed by atoms with Gasteiger partial charge in [0.2, 0.25) is 5.89 Å². The number of aryl methyl sites for hydroxylation is 1. The molecule has 1 aromatic carbocycles. The van der Waals surface area contributed by atoms with Crippen molar-refractivity contribution < 1.29 is 4.52 Å². The lowest BCUT2D eigenvalue weighted by atomic mass is 9.94. The van der Waals surface area contributed by atoms with Crippen molar-refractivity contribution in [3.63, 3.8) is 0 Å². The summed E-state index contributed by atoms with van der Waals surface area (Å²) in [5, 5.41) is 4.07. The van der Waals surface area contributed by atoms with E-state index in [2.05, 4.69) is 62.2 Å². The molecule has 0 amide bonds. The second-order valence-electron chi connectivity index (χ2n) is 5.71. The number of hydrogen-bond acceptors (Lipinski definition) is 4. The molecule has 112 valence electrons. The summed E-state index contributed by atoms with van der Waals surface area (Å²) in [4.78, 5) is 6.91. The van der Waals surface area contributed by atoms with Crippen molar-refractivity contribution in [2.45, 2.75) is 38.6 Å². The second-order valence-corrected chi connectivity index (χ2v) is 6.63. The van der Waals surface area contributed by atoms with E-state index >= 15 is 0 Å². The zero-order chi connectivity index (χ0) is 14.8. The number of likely N-dealkylation sites (tertiary alicyclic amines) is 1. The van der Waals surface area contributed by atoms with Gasteiger partial charge in [0.1, 0.15) is 0 Å². The van der Waals surface area contributed by atoms with Crippen molar-refractivity contribution in [3.05, 3.63) is 46.0 Å². The van der Waals surface area contributed by atoms with Gasteiger partial charge in [0.25, 0.3) is 0 Å². The van der Waals surface area contributed by atoms with Gasteiger partial charge in [-0.3, -0.25) is 4.90 Å². The number of aromatic nitrogens is 2. The summed E-state index contributed by atoms with van der Waals surface area (Å²) in [6.45, 7) is 6.29. The van der Waals surface area contributed by atoms with Crippen molar-refractivity contribution in [2.75, 3.05) is 13.1 Å². The highest BCUT2D eigenvalue weighted by molar-refractivity contribution is 9.10. The fourth-order valence-electron chi connectivity index (χ4n) is 2.98. The molecule has 1 aliphatic rings. The summed E-state index contributed by atoms with van der Waals surface area (Å²) < 4.78 is 6.22. The van der Waals surface area contributed by atoms with E-state index in [0.29, 0.717) is 17.9 Å². The molecule has 1 fully saturated rings. The molecule has 1 atom stereocenters. The lowest BCUT2D eigenvalue weighted by molar-refractivity contribution is 0.159. The summed E-state index contributed by atoms with van der Waals surface area (Å²) in [5.41, 5.74) is 1.37. The minimum atomic E-state index is 0.441. The van der Waals surface area contributed by atoms with E-state index in [0.717, 1.165) is 36.2 Å². The molecule has 2 heterocycles. The number of hydrogen-bond donors (Lipinski definition) is 0. The number of nitrogens with zero attached hydrogens (tertiary/aromatic N) is 3. The number of benzene rings is 1. The SMILES string of the molecule is Cc1nc(C2CCN(C(C)c3ccc(Br)cc3)CC2)no1. The highest BCUT2D eigenvalue weighted by atomic mass is 79.9. The molecule has 0 radical (unpaired) electrons. The molecule has 2 aromatic rings. The minimum absolute atomic E-state index is 0.441. The fraction of sp³-hybridized carbons (Fsp3) is 0.500. The van der Waals surface area contributed by atoms with Crippen LogP contribution in [0.3, 0.4) is 0 Å². The molecule has 0 spiro atoms. The monoisotopic (exact) mass is 349 g/mol. The van der Waals surface area contributed by atoms with Gasteiger partial charge in [-0.2, -0.15) is 4.98 Å². The molecule has 0 bridgehead atoms. The largest absolute Gasteiger partial charge is 0.340 e. The normalized spacial score (nSPS) is 18.8. The summed E-state index contributed by atoms with van der Waals surface area (Å²) in [7, 11) is 0. The van der Waals surface area contributed by atoms with Gasteiger partial charge in [0.15, 0.2) is 5.82 Å². The molecule has 21 heavy (non-hydrogen) atoms. The van der Waals surface area contributed by atoms with E-state index in [4.69, 9.17) is 4.52 Å². The van der Waals surface area contributed by atoms with Gasteiger partial charge in [-0.05, 0) is 50.6 Å². The van der Waals surface area contributed by atoms with Crippen LogP contribution in [-0.4, -0.2) is 28.1 Å². The van der Waals surface area contributed by atoms with Crippen LogP contribution in [0.25, 0.3) is 0 Å². The van der Waals surface area contributed by atoms with Crippen LogP contribution < -0.4 is 0 Å². The maximum atomic E-state index is 5.09. The summed E-state index contributed by atoms with van der Waals surface area (Å²) in [6.07, 6.45) is 2.19. The molecule has 4 nitrogen and oxygen atoms in total. The standard InChI is InChI=1S/C16H20BrN3O/c1-11(13-3-5-15(17)6-4-13)20-9-7-14(8-10-20)16-18-12(2)21-19-16/h3-6,11,14H,7-10H2,1-2H3. The predicted octanol–water partition coefficient (Wildman–Crippen LogP) is 4.08. The van der Waals surface area contributed by atoms with Gasteiger partial charge in [0, 0.05) is 23.4 Å². The third-order valence-corrected chi connectivity index (χ3v) is 4.87. The van der Waals surface area contributed by atoms with Crippen molar-refractivity contribution in [1.29, 1.82) is 0 Å². The average Bonchev–Trinajstić information content (AvgIpc) is 2.94. The first-order chi connectivity index (χ1) is 10.1. The van der Waals surface area contributed by atoms with Gasteiger partial charge in [-0.1, -0.05) is 33.2 Å². The van der Waals surface area contributed by atoms with Crippen molar-refractivity contribution >= 4 is 15.9 Å². The maximum Gasteiger partial charge on any atom is 0.223 e. The molecule has 0 saturated carbocycles. The lowest BCUT2D eigenvalue weighted by Crippen LogP contribution is -2.35. The number of piperidine rings is 1. The van der Waals surface area contributed by atoms with Gasteiger partial charge in [-0.25, -0.2) is 0 Å². The number of halogens is 1. The van der Waals surface area contributed by atoms with Crippen molar-refractivity contribution in [2.24, 2.45) is 0 Å². The average molecular weight is 350 g/mol. The molecule has 1 aromatic heterocycles. The van der Waals surface area contributed by atoms with Crippen LogP contribution in [0.4, 0.5) is 0 Å². The highest BCUT2D eigenvalue weighted by Crippen LogP contribution is 2.31. The molecule has 1 aliphatic heterocycles.